The average molecular weight is 253 g/mol. The van der Waals surface area contributed by atoms with E-state index in [1.165, 1.54) is 0 Å². The Balaban J connectivity index is 1.79. The number of hydrogen-bond donors (Lipinski definition) is 2. The predicted molar refractivity (Wildman–Crippen MR) is 69.4 cm³/mol. The molecule has 18 heavy (non-hydrogen) atoms. The van der Waals surface area contributed by atoms with Crippen LogP contribution in [0.3, 0.4) is 0 Å². The minimum Gasteiger partial charge on any atom is -0.465 e. The van der Waals surface area contributed by atoms with E-state index >= 15 is 0 Å². The van der Waals surface area contributed by atoms with Crippen molar-refractivity contribution in [1.29, 1.82) is 0 Å². The molecule has 1 aromatic rings. The molecule has 4 nitrogen and oxygen atoms in total. The van der Waals surface area contributed by atoms with Gasteiger partial charge >= 0.3 is 0 Å². The largest absolute Gasteiger partial charge is 0.465 e. The van der Waals surface area contributed by atoms with Crippen LogP contribution in [0.4, 0.5) is 0 Å². The zero-order valence-electron chi connectivity index (χ0n) is 11.1. The van der Waals surface area contributed by atoms with E-state index < -0.39 is 0 Å². The van der Waals surface area contributed by atoms with Gasteiger partial charge in [0.2, 0.25) is 0 Å². The molecule has 0 aliphatic carbocycles. The van der Waals surface area contributed by atoms with Gasteiger partial charge in [0.05, 0.1) is 13.2 Å². The molecule has 0 radical (unpaired) electrons. The van der Waals surface area contributed by atoms with Crippen LogP contribution in [0.25, 0.3) is 0 Å². The molecule has 1 atom stereocenters. The summed E-state index contributed by atoms with van der Waals surface area (Å²) in [6.45, 7) is 5.48. The van der Waals surface area contributed by atoms with Gasteiger partial charge in [-0.25, -0.2) is 0 Å². The van der Waals surface area contributed by atoms with Crippen LogP contribution in [-0.4, -0.2) is 31.5 Å². The molecule has 1 aliphatic rings. The molecule has 0 bridgehead atoms. The topological polar surface area (TPSA) is 54.6 Å². The van der Waals surface area contributed by atoms with Crippen molar-refractivity contribution in [2.45, 2.75) is 32.7 Å². The number of hydrogen-bond acceptors (Lipinski definition) is 4. The Bertz CT molecular complexity index is 356. The van der Waals surface area contributed by atoms with Crippen LogP contribution < -0.4 is 5.32 Å². The first kappa shape index (κ1) is 13.6. The monoisotopic (exact) mass is 253 g/mol. The van der Waals surface area contributed by atoms with E-state index in [-0.39, 0.29) is 12.0 Å². The lowest BCUT2D eigenvalue weighted by molar-refractivity contribution is 0.124. The van der Waals surface area contributed by atoms with Gasteiger partial charge in [-0.1, -0.05) is 6.92 Å². The Morgan fingerprint density at radius 1 is 1.39 bits per heavy atom. The zero-order valence-corrected chi connectivity index (χ0v) is 11.1. The summed E-state index contributed by atoms with van der Waals surface area (Å²) in [6.07, 6.45) is 2.76. The molecule has 2 rings (SSSR count). The van der Waals surface area contributed by atoms with Crippen LogP contribution in [0.1, 0.15) is 31.3 Å². The fraction of sp³-hybridized carbons (Fsp3) is 0.714. The molecule has 1 fully saturated rings. The standard InChI is InChI=1S/C14H23NO3/c1-2-12-3-4-13(18-12)9-15-10-14(5-7-16)6-8-17-11-14/h3-4,15-16H,2,5-11H2,1H3. The molecule has 0 aromatic carbocycles. The van der Waals surface area contributed by atoms with E-state index in [1.54, 1.807) is 0 Å². The number of furan rings is 1. The van der Waals surface area contributed by atoms with Crippen molar-refractivity contribution in [3.63, 3.8) is 0 Å². The van der Waals surface area contributed by atoms with E-state index in [2.05, 4.69) is 12.2 Å². The van der Waals surface area contributed by atoms with E-state index in [4.69, 9.17) is 14.3 Å². The van der Waals surface area contributed by atoms with E-state index in [1.807, 2.05) is 12.1 Å². The van der Waals surface area contributed by atoms with Gasteiger partial charge in [-0.15, -0.1) is 0 Å². The molecule has 4 heteroatoms. The Kier molecular flexibility index (Phi) is 4.80. The van der Waals surface area contributed by atoms with Gasteiger partial charge in [0.15, 0.2) is 0 Å². The summed E-state index contributed by atoms with van der Waals surface area (Å²) in [5, 5.41) is 12.6. The molecule has 0 saturated carbocycles. The number of aliphatic hydroxyl groups is 1. The van der Waals surface area contributed by atoms with Crippen molar-refractivity contribution in [1.82, 2.24) is 5.32 Å². The molecular weight excluding hydrogens is 230 g/mol. The van der Waals surface area contributed by atoms with E-state index in [0.717, 1.165) is 57.1 Å². The summed E-state index contributed by atoms with van der Waals surface area (Å²) in [6, 6.07) is 4.05. The molecule has 2 heterocycles. The first-order valence-electron chi connectivity index (χ1n) is 6.75. The highest BCUT2D eigenvalue weighted by molar-refractivity contribution is 5.06. The summed E-state index contributed by atoms with van der Waals surface area (Å²) in [5.41, 5.74) is 0.106. The Hall–Kier alpha value is -0.840. The lowest BCUT2D eigenvalue weighted by Gasteiger charge is -2.26. The van der Waals surface area contributed by atoms with Gasteiger partial charge < -0.3 is 19.6 Å². The maximum Gasteiger partial charge on any atom is 0.117 e. The summed E-state index contributed by atoms with van der Waals surface area (Å²) in [7, 11) is 0. The van der Waals surface area contributed by atoms with Gasteiger partial charge in [0.1, 0.15) is 11.5 Å². The molecule has 102 valence electrons. The third-order valence-electron chi connectivity index (χ3n) is 3.69. The summed E-state index contributed by atoms with van der Waals surface area (Å²) in [5.74, 6) is 2.01. The summed E-state index contributed by atoms with van der Waals surface area (Å²) < 4.78 is 11.1. The van der Waals surface area contributed by atoms with Crippen molar-refractivity contribution in [2.75, 3.05) is 26.4 Å². The average Bonchev–Trinajstić information content (AvgIpc) is 2.99. The number of aryl methyl sites for hydroxylation is 1. The smallest absolute Gasteiger partial charge is 0.117 e. The lowest BCUT2D eigenvalue weighted by atomic mass is 9.84. The van der Waals surface area contributed by atoms with Crippen LogP contribution in [0, 0.1) is 5.41 Å². The Morgan fingerprint density at radius 2 is 2.22 bits per heavy atom. The second-order valence-electron chi connectivity index (χ2n) is 5.10. The van der Waals surface area contributed by atoms with Gasteiger partial charge in [0.25, 0.3) is 0 Å². The van der Waals surface area contributed by atoms with Gasteiger partial charge in [-0.3, -0.25) is 0 Å². The second-order valence-corrected chi connectivity index (χ2v) is 5.10. The number of ether oxygens (including phenoxy) is 1. The quantitative estimate of drug-likeness (QED) is 0.777. The normalized spacial score (nSPS) is 23.7. The number of aliphatic hydroxyl groups excluding tert-OH is 1. The third-order valence-corrected chi connectivity index (χ3v) is 3.69. The van der Waals surface area contributed by atoms with Crippen molar-refractivity contribution in [3.8, 4) is 0 Å². The van der Waals surface area contributed by atoms with Crippen LogP contribution in [0.15, 0.2) is 16.5 Å². The van der Waals surface area contributed by atoms with Crippen molar-refractivity contribution in [2.24, 2.45) is 5.41 Å². The summed E-state index contributed by atoms with van der Waals surface area (Å²) >= 11 is 0. The SMILES string of the molecule is CCc1ccc(CNCC2(CCO)CCOC2)o1. The van der Waals surface area contributed by atoms with Crippen molar-refractivity contribution < 1.29 is 14.3 Å². The fourth-order valence-electron chi connectivity index (χ4n) is 2.47. The lowest BCUT2D eigenvalue weighted by Crippen LogP contribution is -2.35. The molecule has 1 aromatic heterocycles. The first-order chi connectivity index (χ1) is 8.78. The van der Waals surface area contributed by atoms with Gasteiger partial charge in [-0.05, 0) is 25.0 Å². The van der Waals surface area contributed by atoms with Crippen LogP contribution in [0.2, 0.25) is 0 Å². The van der Waals surface area contributed by atoms with Gasteiger partial charge in [-0.2, -0.15) is 0 Å². The number of rotatable bonds is 7. The number of nitrogens with one attached hydrogen (secondary N) is 1. The maximum atomic E-state index is 9.14. The molecular formula is C14H23NO3. The van der Waals surface area contributed by atoms with Crippen LogP contribution in [0.5, 0.6) is 0 Å². The van der Waals surface area contributed by atoms with Gasteiger partial charge in [0, 0.05) is 31.6 Å². The van der Waals surface area contributed by atoms with E-state index in [9.17, 15) is 0 Å². The van der Waals surface area contributed by atoms with Crippen LogP contribution >= 0.6 is 0 Å². The fourth-order valence-corrected chi connectivity index (χ4v) is 2.47. The molecule has 1 saturated heterocycles. The van der Waals surface area contributed by atoms with E-state index in [0.29, 0.717) is 0 Å². The molecule has 1 aliphatic heterocycles. The van der Waals surface area contributed by atoms with Crippen LogP contribution in [-0.2, 0) is 17.7 Å². The highest BCUT2D eigenvalue weighted by atomic mass is 16.5. The van der Waals surface area contributed by atoms with Crippen molar-refractivity contribution >= 4 is 0 Å². The maximum absolute atomic E-state index is 9.14. The molecule has 0 spiro atoms. The third kappa shape index (κ3) is 3.34. The minimum atomic E-state index is 0.106. The minimum absolute atomic E-state index is 0.106. The molecule has 2 N–H and O–H groups in total. The second kappa shape index (κ2) is 6.36. The zero-order chi connectivity index (χ0) is 12.8. The van der Waals surface area contributed by atoms with Crippen molar-refractivity contribution in [3.05, 3.63) is 23.7 Å². The predicted octanol–water partition coefficient (Wildman–Crippen LogP) is 1.72. The Labute approximate surface area is 108 Å². The molecule has 1 unspecified atom stereocenters. The highest BCUT2D eigenvalue weighted by Crippen LogP contribution is 2.31. The highest BCUT2D eigenvalue weighted by Gasteiger charge is 2.33. The molecule has 0 amide bonds. The summed E-state index contributed by atoms with van der Waals surface area (Å²) in [4.78, 5) is 0. The first-order valence-corrected chi connectivity index (χ1v) is 6.75. The Morgan fingerprint density at radius 3 is 2.83 bits per heavy atom.